The summed E-state index contributed by atoms with van der Waals surface area (Å²) in [5, 5.41) is 2.16. The Kier molecular flexibility index (Phi) is 3.10. The van der Waals surface area contributed by atoms with Crippen LogP contribution in [0.1, 0.15) is 33.1 Å². The minimum Gasteiger partial charge on any atom is -0.343 e. The molecule has 1 aliphatic heterocycles. The van der Waals surface area contributed by atoms with E-state index in [2.05, 4.69) is 5.32 Å². The molecule has 1 heterocycles. The second-order valence-corrected chi connectivity index (χ2v) is 5.99. The van der Waals surface area contributed by atoms with Gasteiger partial charge in [-0.2, -0.15) is 0 Å². The maximum absolute atomic E-state index is 12.3. The molecule has 1 N–H and O–H groups in total. The number of amides is 2. The van der Waals surface area contributed by atoms with E-state index in [4.69, 9.17) is 11.6 Å². The van der Waals surface area contributed by atoms with Crippen LogP contribution < -0.4 is 5.32 Å². The first kappa shape index (κ1) is 12.7. The van der Waals surface area contributed by atoms with E-state index in [0.29, 0.717) is 12.3 Å². The number of nitrogens with zero attached hydrogens (tertiary/aromatic N) is 1. The summed E-state index contributed by atoms with van der Waals surface area (Å²) in [7, 11) is 1.76. The number of hydrogen-bond acceptors (Lipinski definition) is 2. The normalized spacial score (nSPS) is 31.7. The van der Waals surface area contributed by atoms with Crippen LogP contribution in [0.2, 0.25) is 0 Å². The maximum Gasteiger partial charge on any atom is 0.245 e. The summed E-state index contributed by atoms with van der Waals surface area (Å²) in [6, 6.07) is -0.422. The third-order valence-electron chi connectivity index (χ3n) is 3.78. The summed E-state index contributed by atoms with van der Waals surface area (Å²) >= 11 is 6.18. The van der Waals surface area contributed by atoms with Gasteiger partial charge in [0, 0.05) is 7.05 Å². The van der Waals surface area contributed by atoms with E-state index >= 15 is 0 Å². The molecule has 2 atom stereocenters. The van der Waals surface area contributed by atoms with Gasteiger partial charge in [0.1, 0.15) is 11.4 Å². The summed E-state index contributed by atoms with van der Waals surface area (Å²) in [5.74, 6) is 0.153. The first-order valence-corrected chi connectivity index (χ1v) is 6.54. The lowest BCUT2D eigenvalue weighted by molar-refractivity contribution is -0.134. The van der Waals surface area contributed by atoms with Crippen molar-refractivity contribution < 1.29 is 9.59 Å². The lowest BCUT2D eigenvalue weighted by atomic mass is 10.0. The molecule has 2 fully saturated rings. The first-order valence-electron chi connectivity index (χ1n) is 6.10. The molecule has 2 rings (SSSR count). The minimum atomic E-state index is -0.617. The average Bonchev–Trinajstić information content (AvgIpc) is 3.04. The minimum absolute atomic E-state index is 0.00676. The van der Waals surface area contributed by atoms with Gasteiger partial charge in [0.25, 0.3) is 0 Å². The van der Waals surface area contributed by atoms with Crippen molar-refractivity contribution in [2.24, 2.45) is 5.92 Å². The second kappa shape index (κ2) is 4.16. The lowest BCUT2D eigenvalue weighted by Crippen LogP contribution is -2.47. The topological polar surface area (TPSA) is 49.4 Å². The van der Waals surface area contributed by atoms with Crippen molar-refractivity contribution in [3.8, 4) is 0 Å². The number of nitrogens with one attached hydrogen (secondary N) is 1. The largest absolute Gasteiger partial charge is 0.343 e. The Morgan fingerprint density at radius 2 is 2.06 bits per heavy atom. The number of alkyl halides is 1. The summed E-state index contributed by atoms with van der Waals surface area (Å²) < 4.78 is 0. The van der Waals surface area contributed by atoms with Crippen LogP contribution in [0.4, 0.5) is 0 Å². The van der Waals surface area contributed by atoms with E-state index in [9.17, 15) is 9.59 Å². The Labute approximate surface area is 107 Å². The molecule has 0 aromatic rings. The summed E-state index contributed by atoms with van der Waals surface area (Å²) in [6.45, 7) is 4.07. The number of hydrogen-bond donors (Lipinski definition) is 1. The predicted octanol–water partition coefficient (Wildman–Crippen LogP) is 1.13. The summed E-state index contributed by atoms with van der Waals surface area (Å²) in [6.07, 6.45) is 2.31. The Hall–Kier alpha value is -0.770. The molecular formula is C12H19ClN2O2. The van der Waals surface area contributed by atoms with Crippen molar-refractivity contribution in [1.29, 1.82) is 0 Å². The third-order valence-corrected chi connectivity index (χ3v) is 4.39. The van der Waals surface area contributed by atoms with Crippen molar-refractivity contribution in [3.05, 3.63) is 0 Å². The van der Waals surface area contributed by atoms with Crippen molar-refractivity contribution in [3.63, 3.8) is 0 Å². The van der Waals surface area contributed by atoms with Crippen LogP contribution in [0.5, 0.6) is 0 Å². The van der Waals surface area contributed by atoms with E-state index in [1.807, 2.05) is 13.8 Å². The predicted molar refractivity (Wildman–Crippen MR) is 65.8 cm³/mol. The van der Waals surface area contributed by atoms with Gasteiger partial charge in [0.05, 0.1) is 5.54 Å². The molecule has 2 amide bonds. The van der Waals surface area contributed by atoms with Gasteiger partial charge in [0.15, 0.2) is 0 Å². The van der Waals surface area contributed by atoms with E-state index in [0.717, 1.165) is 12.8 Å². The Balaban J connectivity index is 2.24. The molecule has 1 spiro atoms. The van der Waals surface area contributed by atoms with Crippen LogP contribution in [-0.2, 0) is 9.59 Å². The van der Waals surface area contributed by atoms with Gasteiger partial charge in [-0.05, 0) is 25.2 Å². The molecule has 0 aromatic carbocycles. The SMILES string of the molecule is CC(C)C[C@@H]1NC(=O)C(Cl)C2(CC2)N(C)C1=O. The highest BCUT2D eigenvalue weighted by molar-refractivity contribution is 6.32. The van der Waals surface area contributed by atoms with Gasteiger partial charge < -0.3 is 10.2 Å². The molecule has 0 radical (unpaired) electrons. The van der Waals surface area contributed by atoms with E-state index in [-0.39, 0.29) is 11.8 Å². The molecule has 96 valence electrons. The van der Waals surface area contributed by atoms with Gasteiger partial charge in [0.2, 0.25) is 11.8 Å². The zero-order chi connectivity index (χ0) is 12.8. The van der Waals surface area contributed by atoms with Gasteiger partial charge >= 0.3 is 0 Å². The number of halogens is 1. The number of carbonyl (C=O) groups excluding carboxylic acids is 2. The van der Waals surface area contributed by atoms with Crippen molar-refractivity contribution in [2.75, 3.05) is 7.05 Å². The number of likely N-dealkylation sites (N-methyl/N-ethyl adjacent to an activating group) is 1. The van der Waals surface area contributed by atoms with Crippen LogP contribution >= 0.6 is 11.6 Å². The zero-order valence-corrected chi connectivity index (χ0v) is 11.3. The molecule has 1 saturated carbocycles. The Morgan fingerprint density at radius 3 is 2.53 bits per heavy atom. The molecule has 5 heteroatoms. The fourth-order valence-corrected chi connectivity index (χ4v) is 2.95. The van der Waals surface area contributed by atoms with Crippen LogP contribution in [0.25, 0.3) is 0 Å². The first-order chi connectivity index (χ1) is 7.88. The standard InChI is InChI=1S/C12H19ClN2O2/c1-7(2)6-8-11(17)15(3)12(4-5-12)9(13)10(16)14-8/h7-9H,4-6H2,1-3H3,(H,14,16)/t8-,9?/m0/s1. The van der Waals surface area contributed by atoms with Crippen LogP contribution in [0, 0.1) is 5.92 Å². The fraction of sp³-hybridized carbons (Fsp3) is 0.833. The molecular weight excluding hydrogens is 240 g/mol. The summed E-state index contributed by atoms with van der Waals surface area (Å²) in [5.41, 5.74) is -0.422. The maximum atomic E-state index is 12.3. The van der Waals surface area contributed by atoms with Crippen LogP contribution in [0.3, 0.4) is 0 Å². The van der Waals surface area contributed by atoms with Crippen molar-refractivity contribution in [2.45, 2.75) is 50.1 Å². The fourth-order valence-electron chi connectivity index (χ4n) is 2.52. The number of rotatable bonds is 2. The highest BCUT2D eigenvalue weighted by Gasteiger charge is 2.59. The van der Waals surface area contributed by atoms with E-state index in [1.165, 1.54) is 0 Å². The second-order valence-electron chi connectivity index (χ2n) is 5.55. The quantitative estimate of drug-likeness (QED) is 0.755. The molecule has 0 aromatic heterocycles. The van der Waals surface area contributed by atoms with Gasteiger partial charge in [-0.15, -0.1) is 11.6 Å². The smallest absolute Gasteiger partial charge is 0.245 e. The van der Waals surface area contributed by atoms with Crippen LogP contribution in [-0.4, -0.2) is 40.7 Å². The Bertz CT molecular complexity index is 352. The van der Waals surface area contributed by atoms with E-state index < -0.39 is 17.0 Å². The molecule has 1 unspecified atom stereocenters. The van der Waals surface area contributed by atoms with Crippen molar-refractivity contribution >= 4 is 23.4 Å². The van der Waals surface area contributed by atoms with Crippen molar-refractivity contribution in [1.82, 2.24) is 10.2 Å². The highest BCUT2D eigenvalue weighted by atomic mass is 35.5. The molecule has 4 nitrogen and oxygen atoms in total. The number of carbonyl (C=O) groups is 2. The van der Waals surface area contributed by atoms with Gasteiger partial charge in [-0.25, -0.2) is 0 Å². The highest BCUT2D eigenvalue weighted by Crippen LogP contribution is 2.47. The molecule has 2 aliphatic rings. The average molecular weight is 259 g/mol. The lowest BCUT2D eigenvalue weighted by Gasteiger charge is -2.29. The molecule has 1 aliphatic carbocycles. The van der Waals surface area contributed by atoms with E-state index in [1.54, 1.807) is 11.9 Å². The van der Waals surface area contributed by atoms with Crippen LogP contribution in [0.15, 0.2) is 0 Å². The molecule has 17 heavy (non-hydrogen) atoms. The monoisotopic (exact) mass is 258 g/mol. The zero-order valence-electron chi connectivity index (χ0n) is 10.5. The molecule has 1 saturated heterocycles. The molecule has 0 bridgehead atoms. The Morgan fingerprint density at radius 1 is 1.47 bits per heavy atom. The summed E-state index contributed by atoms with van der Waals surface area (Å²) in [4.78, 5) is 25.9. The van der Waals surface area contributed by atoms with Gasteiger partial charge in [-0.1, -0.05) is 13.8 Å². The van der Waals surface area contributed by atoms with Gasteiger partial charge in [-0.3, -0.25) is 9.59 Å². The third kappa shape index (κ3) is 2.03.